The van der Waals surface area contributed by atoms with Gasteiger partial charge in [-0.05, 0) is 86.4 Å². The zero-order chi connectivity index (χ0) is 42.7. The molecule has 4 saturated carbocycles. The number of rotatable bonds is 17. The van der Waals surface area contributed by atoms with Crippen molar-refractivity contribution >= 4 is 10.0 Å². The maximum Gasteiger partial charge on any atom is 2.00 e. The Labute approximate surface area is 396 Å². The topological polar surface area (TPSA) is 154 Å². The monoisotopic (exact) mass is 947 g/mol. The molecular formula is C50H93CuN9O2S. The molecule has 5 heterocycles. The van der Waals surface area contributed by atoms with Gasteiger partial charge in [0.05, 0.1) is 53.2 Å². The molecule has 0 spiro atoms. The number of fused-ring (bicyclic) bond motifs is 20. The van der Waals surface area contributed by atoms with Gasteiger partial charge in [0, 0.05) is 11.9 Å². The smallest absolute Gasteiger partial charge is 0.564 e. The van der Waals surface area contributed by atoms with Crippen LogP contribution in [0.1, 0.15) is 206 Å². The molecular weight excluding hydrogens is 854 g/mol. The quantitative estimate of drug-likeness (QED) is 0.0403. The third kappa shape index (κ3) is 13.9. The van der Waals surface area contributed by atoms with Crippen LogP contribution < -0.4 is 42.5 Å². The van der Waals surface area contributed by atoms with E-state index in [-0.39, 0.29) is 22.8 Å². The van der Waals surface area contributed by atoms with E-state index in [0.717, 1.165) is 48.3 Å². The fourth-order valence-corrected chi connectivity index (χ4v) is 15.2. The van der Waals surface area contributed by atoms with Crippen molar-refractivity contribution in [2.45, 2.75) is 255 Å². The molecule has 1 radical (unpaired) electrons. The van der Waals surface area contributed by atoms with E-state index in [4.69, 9.17) is 5.14 Å². The van der Waals surface area contributed by atoms with Gasteiger partial charge < -0.3 is 11.6 Å². The van der Waals surface area contributed by atoms with Crippen LogP contribution in [0.15, 0.2) is 0 Å². The Kier molecular flexibility index (Phi) is 20.7. The number of unbranched alkanes of at least 4 members (excludes halogenated alkanes) is 15. The molecule has 0 amide bonds. The van der Waals surface area contributed by atoms with Gasteiger partial charge in [0.25, 0.3) is 0 Å². The summed E-state index contributed by atoms with van der Waals surface area (Å²) < 4.78 is 21.3. The maximum absolute atomic E-state index is 10.6. The van der Waals surface area contributed by atoms with Crippen molar-refractivity contribution in [2.75, 3.05) is 5.75 Å². The third-order valence-corrected chi connectivity index (χ3v) is 18.6. The second-order valence-corrected chi connectivity index (χ2v) is 23.7. The molecule has 16 atom stereocenters. The average molecular weight is 948 g/mol. The van der Waals surface area contributed by atoms with E-state index >= 15 is 0 Å². The average Bonchev–Trinajstić information content (AvgIpc) is 4.02. The molecule has 63 heavy (non-hydrogen) atoms. The van der Waals surface area contributed by atoms with Gasteiger partial charge in [-0.15, -0.1) is 5.92 Å². The van der Waals surface area contributed by atoms with Gasteiger partial charge in [-0.25, -0.2) is 8.42 Å². The van der Waals surface area contributed by atoms with Crippen LogP contribution in [0.4, 0.5) is 0 Å². The Balaban J connectivity index is 0.000000224. The zero-order valence-electron chi connectivity index (χ0n) is 39.5. The number of nitrogens with one attached hydrogen (secondary N) is 9. The molecule has 0 aromatic carbocycles. The van der Waals surface area contributed by atoms with Crippen LogP contribution in [0.3, 0.4) is 0 Å². The predicted octanol–water partition coefficient (Wildman–Crippen LogP) is 9.05. The molecule has 16 unspecified atom stereocenters. The summed E-state index contributed by atoms with van der Waals surface area (Å²) in [4.78, 5) is 0. The van der Waals surface area contributed by atoms with Crippen molar-refractivity contribution < 1.29 is 25.5 Å². The molecule has 9 fully saturated rings. The van der Waals surface area contributed by atoms with Gasteiger partial charge in [-0.2, -0.15) is 6.42 Å². The molecule has 8 bridgehead atoms. The fourth-order valence-electron chi connectivity index (χ4n) is 14.6. The normalized spacial score (nSPS) is 40.7. The first kappa shape index (κ1) is 51.0. The first-order valence-electron chi connectivity index (χ1n) is 27.3. The Morgan fingerprint density at radius 2 is 0.667 bits per heavy atom. The molecule has 0 aromatic heterocycles. The van der Waals surface area contributed by atoms with Crippen molar-refractivity contribution in [3.8, 4) is 0 Å². The molecule has 5 saturated heterocycles. The Hall–Kier alpha value is 0.109. The summed E-state index contributed by atoms with van der Waals surface area (Å²) in [5, 5.41) is 40.5. The fraction of sp³-hybridized carbons (Fsp3) is 0.980. The first-order valence-corrected chi connectivity index (χ1v) is 28.9. The van der Waals surface area contributed by atoms with E-state index in [0.29, 0.717) is 67.6 Å². The second kappa shape index (κ2) is 25.6. The summed E-state index contributed by atoms with van der Waals surface area (Å²) in [6.07, 6.45) is 47.0. The van der Waals surface area contributed by atoms with Gasteiger partial charge in [0.1, 0.15) is 0 Å². The molecule has 9 aliphatic rings. The first-order chi connectivity index (χ1) is 30.4. The number of hydrogen-bond donors (Lipinski definition) is 8. The molecule has 367 valence electrons. The molecule has 0 aromatic rings. The zero-order valence-corrected chi connectivity index (χ0v) is 41.2. The molecule has 4 aliphatic carbocycles. The minimum absolute atomic E-state index is 0. The van der Waals surface area contributed by atoms with E-state index in [2.05, 4.69) is 55.9 Å². The largest absolute Gasteiger partial charge is 2.00 e. The van der Waals surface area contributed by atoms with Crippen LogP contribution in [0.25, 0.3) is 5.14 Å². The van der Waals surface area contributed by atoms with Crippen molar-refractivity contribution in [2.24, 2.45) is 47.3 Å². The number of hydrogen-bond acceptors (Lipinski definition) is 10. The summed E-state index contributed by atoms with van der Waals surface area (Å²) in [6, 6.07) is 0. The third-order valence-electron chi connectivity index (χ3n) is 17.8. The SMILES string of the molecule is CCCCCCCCCCCCCCCCCCS([NH-])(=O)=O.[CH-]1CCCC2C3NC(NC4NC(NC5NC(NC6NC(N3)C3CCCCC63)C3CCCCC53)C3CCCCC43)C12.[Cu+2]. The molecule has 9 rings (SSSR count). The van der Waals surface area contributed by atoms with E-state index in [9.17, 15) is 8.42 Å². The van der Waals surface area contributed by atoms with Crippen molar-refractivity contribution in [3.05, 3.63) is 11.6 Å². The van der Waals surface area contributed by atoms with E-state index < -0.39 is 10.0 Å². The van der Waals surface area contributed by atoms with E-state index in [1.54, 1.807) is 0 Å². The Morgan fingerprint density at radius 1 is 0.397 bits per heavy atom. The Bertz CT molecular complexity index is 1220. The number of sulfonamides is 1. The minimum Gasteiger partial charge on any atom is -0.564 e. The second-order valence-electron chi connectivity index (χ2n) is 22.0. The van der Waals surface area contributed by atoms with Crippen molar-refractivity contribution in [3.63, 3.8) is 0 Å². The van der Waals surface area contributed by atoms with Gasteiger partial charge >= 0.3 is 17.1 Å². The predicted molar refractivity (Wildman–Crippen MR) is 255 cm³/mol. The van der Waals surface area contributed by atoms with E-state index in [1.165, 1.54) is 180 Å². The van der Waals surface area contributed by atoms with Crippen molar-refractivity contribution in [1.29, 1.82) is 0 Å². The Morgan fingerprint density at radius 3 is 0.984 bits per heavy atom. The van der Waals surface area contributed by atoms with Gasteiger partial charge in [0.2, 0.25) is 0 Å². The van der Waals surface area contributed by atoms with Gasteiger partial charge in [-0.3, -0.25) is 42.5 Å². The molecule has 13 heteroatoms. The summed E-state index contributed by atoms with van der Waals surface area (Å²) in [6.45, 7) is 2.27. The summed E-state index contributed by atoms with van der Waals surface area (Å²) >= 11 is 0. The summed E-state index contributed by atoms with van der Waals surface area (Å²) in [7, 11) is -3.49. The van der Waals surface area contributed by atoms with Crippen LogP contribution in [-0.4, -0.2) is 63.5 Å². The van der Waals surface area contributed by atoms with E-state index in [1.807, 2.05) is 0 Å². The van der Waals surface area contributed by atoms with Crippen LogP contribution in [0.5, 0.6) is 0 Å². The van der Waals surface area contributed by atoms with Crippen LogP contribution in [0, 0.1) is 53.8 Å². The minimum atomic E-state index is -3.49. The van der Waals surface area contributed by atoms with Crippen LogP contribution >= 0.6 is 0 Å². The van der Waals surface area contributed by atoms with Gasteiger partial charge in [0.15, 0.2) is 0 Å². The van der Waals surface area contributed by atoms with Crippen molar-refractivity contribution in [1.82, 2.24) is 42.5 Å². The van der Waals surface area contributed by atoms with Crippen LogP contribution in [-0.2, 0) is 27.1 Å². The molecule has 11 nitrogen and oxygen atoms in total. The van der Waals surface area contributed by atoms with Crippen LogP contribution in [0.2, 0.25) is 0 Å². The molecule has 9 N–H and O–H groups in total. The standard InChI is InChI=1S/C32H55N8.C18H38NO2S.Cu/c1-2-10-18-17(9-1)25-33-26(18)38-28-21-13-5-6-14-22(21)30(35-28)40-32-24-16-8-7-15-23(24)31(36-32)39-29-20-12-4-3-11-19(20)27(34-29)37-25;1-2-3-4-5-6-7-8-9-10-11-12-13-14-15-16-17-18-22(19,20)21;/h9,17-40H,1-8,10-16H2;2-18H2,1H3,(H-,19,20,21);/q2*-1;+2. The maximum atomic E-state index is 10.6. The summed E-state index contributed by atoms with van der Waals surface area (Å²) in [5.74, 6) is 5.77. The van der Waals surface area contributed by atoms with Gasteiger partial charge in [-0.1, -0.05) is 155 Å². The summed E-state index contributed by atoms with van der Waals surface area (Å²) in [5.41, 5.74) is 0. The molecule has 5 aliphatic heterocycles.